The summed E-state index contributed by atoms with van der Waals surface area (Å²) in [5.41, 5.74) is 0.120. The molecule has 0 aromatic heterocycles. The summed E-state index contributed by atoms with van der Waals surface area (Å²) >= 11 is 1.81. The molecule has 2 rings (SSSR count). The van der Waals surface area contributed by atoms with Crippen LogP contribution in [0.1, 0.15) is 15.9 Å². The van der Waals surface area contributed by atoms with Crippen molar-refractivity contribution in [2.45, 2.75) is 6.18 Å². The van der Waals surface area contributed by atoms with Gasteiger partial charge in [-0.25, -0.2) is 4.79 Å². The molecule has 0 aliphatic heterocycles. The van der Waals surface area contributed by atoms with Gasteiger partial charge in [0.25, 0.3) is 0 Å². The van der Waals surface area contributed by atoms with E-state index in [1.165, 1.54) is 13.2 Å². The van der Waals surface area contributed by atoms with Gasteiger partial charge in [0, 0.05) is 9.26 Å². The van der Waals surface area contributed by atoms with Crippen molar-refractivity contribution < 1.29 is 22.7 Å². The first-order valence-corrected chi connectivity index (χ1v) is 7.21. The summed E-state index contributed by atoms with van der Waals surface area (Å²) < 4.78 is 43.6. The maximum absolute atomic E-state index is 12.8. The zero-order valence-corrected chi connectivity index (χ0v) is 13.5. The number of carbonyl (C=O) groups excluding carboxylic acids is 1. The van der Waals surface area contributed by atoms with Crippen LogP contribution >= 0.6 is 22.6 Å². The van der Waals surface area contributed by atoms with E-state index >= 15 is 0 Å². The van der Waals surface area contributed by atoms with Gasteiger partial charge in [0.05, 0.1) is 23.9 Å². The molecule has 7 heteroatoms. The van der Waals surface area contributed by atoms with E-state index in [-0.39, 0.29) is 11.3 Å². The van der Waals surface area contributed by atoms with Crippen LogP contribution in [0.5, 0.6) is 0 Å². The van der Waals surface area contributed by atoms with E-state index in [1.807, 2.05) is 22.6 Å². The Hall–Kier alpha value is -1.77. The first-order chi connectivity index (χ1) is 10.3. The number of methoxy groups -OCH3 is 1. The van der Waals surface area contributed by atoms with E-state index in [9.17, 15) is 18.0 Å². The third-order valence-electron chi connectivity index (χ3n) is 2.84. The van der Waals surface area contributed by atoms with Crippen molar-refractivity contribution in [3.05, 3.63) is 57.2 Å². The number of rotatable bonds is 3. The number of alkyl halides is 3. The van der Waals surface area contributed by atoms with Gasteiger partial charge >= 0.3 is 12.1 Å². The van der Waals surface area contributed by atoms with E-state index in [0.717, 1.165) is 12.1 Å². The number of carbonyl (C=O) groups is 1. The van der Waals surface area contributed by atoms with Crippen molar-refractivity contribution in [1.29, 1.82) is 0 Å². The predicted molar refractivity (Wildman–Crippen MR) is 85.2 cm³/mol. The SMILES string of the molecule is COC(=O)c1ccccc1Nc1cc(I)cc(C(F)(F)F)c1. The third kappa shape index (κ3) is 3.90. The first kappa shape index (κ1) is 16.6. The number of hydrogen-bond acceptors (Lipinski definition) is 3. The van der Waals surface area contributed by atoms with Crippen LogP contribution in [0.15, 0.2) is 42.5 Å². The van der Waals surface area contributed by atoms with Crippen LogP contribution in [0.25, 0.3) is 0 Å². The minimum Gasteiger partial charge on any atom is -0.465 e. The van der Waals surface area contributed by atoms with Crippen molar-refractivity contribution in [1.82, 2.24) is 0 Å². The number of esters is 1. The van der Waals surface area contributed by atoms with Gasteiger partial charge in [-0.05, 0) is 52.9 Å². The van der Waals surface area contributed by atoms with Crippen LogP contribution in [0.4, 0.5) is 24.5 Å². The molecule has 1 N–H and O–H groups in total. The molecule has 0 heterocycles. The zero-order valence-electron chi connectivity index (χ0n) is 11.4. The second kappa shape index (κ2) is 6.55. The maximum atomic E-state index is 12.8. The lowest BCUT2D eigenvalue weighted by Crippen LogP contribution is -2.08. The van der Waals surface area contributed by atoms with Crippen molar-refractivity contribution in [3.63, 3.8) is 0 Å². The van der Waals surface area contributed by atoms with E-state index in [1.54, 1.807) is 24.3 Å². The molecule has 116 valence electrons. The summed E-state index contributed by atoms with van der Waals surface area (Å²) in [6.45, 7) is 0. The molecule has 0 bridgehead atoms. The summed E-state index contributed by atoms with van der Waals surface area (Å²) in [6.07, 6.45) is -4.43. The van der Waals surface area contributed by atoms with Crippen LogP contribution in [0, 0.1) is 3.57 Å². The molecule has 3 nitrogen and oxygen atoms in total. The largest absolute Gasteiger partial charge is 0.465 e. The summed E-state index contributed by atoms with van der Waals surface area (Å²) in [7, 11) is 1.24. The van der Waals surface area contributed by atoms with E-state index in [4.69, 9.17) is 0 Å². The highest BCUT2D eigenvalue weighted by molar-refractivity contribution is 14.1. The first-order valence-electron chi connectivity index (χ1n) is 6.13. The highest BCUT2D eigenvalue weighted by Gasteiger charge is 2.31. The Kier molecular flexibility index (Phi) is 4.94. The fourth-order valence-electron chi connectivity index (χ4n) is 1.86. The third-order valence-corrected chi connectivity index (χ3v) is 3.46. The quantitative estimate of drug-likeness (QED) is 0.570. The van der Waals surface area contributed by atoms with Crippen molar-refractivity contribution in [3.8, 4) is 0 Å². The van der Waals surface area contributed by atoms with Crippen molar-refractivity contribution >= 4 is 39.9 Å². The lowest BCUT2D eigenvalue weighted by molar-refractivity contribution is -0.137. The molecule has 0 saturated heterocycles. The Morgan fingerprint density at radius 3 is 2.50 bits per heavy atom. The molecule has 0 spiro atoms. The van der Waals surface area contributed by atoms with Crippen LogP contribution in [0.2, 0.25) is 0 Å². The second-order valence-electron chi connectivity index (χ2n) is 4.39. The summed E-state index contributed by atoms with van der Waals surface area (Å²) in [5, 5.41) is 2.84. The van der Waals surface area contributed by atoms with Crippen LogP contribution < -0.4 is 5.32 Å². The van der Waals surface area contributed by atoms with E-state index < -0.39 is 17.7 Å². The average molecular weight is 421 g/mol. The maximum Gasteiger partial charge on any atom is 0.416 e. The molecule has 0 radical (unpaired) electrons. The molecule has 22 heavy (non-hydrogen) atoms. The topological polar surface area (TPSA) is 38.3 Å². The van der Waals surface area contributed by atoms with Gasteiger partial charge in [-0.2, -0.15) is 13.2 Å². The average Bonchev–Trinajstić information content (AvgIpc) is 2.45. The number of halogens is 4. The standard InChI is InChI=1S/C15H11F3INO2/c1-22-14(21)12-4-2-3-5-13(12)20-11-7-9(15(16,17)18)6-10(19)8-11/h2-8,20H,1H3. The highest BCUT2D eigenvalue weighted by Crippen LogP contribution is 2.33. The molecule has 0 atom stereocenters. The molecule has 0 unspecified atom stereocenters. The summed E-state index contributed by atoms with van der Waals surface area (Å²) in [4.78, 5) is 11.7. The number of para-hydroxylation sites is 1. The Bertz CT molecular complexity index is 701. The Labute approximate surface area is 138 Å². The lowest BCUT2D eigenvalue weighted by atomic mass is 10.1. The van der Waals surface area contributed by atoms with Gasteiger partial charge in [0.1, 0.15) is 0 Å². The summed E-state index contributed by atoms with van der Waals surface area (Å²) in [6, 6.07) is 10.1. The normalized spacial score (nSPS) is 11.1. The number of nitrogens with one attached hydrogen (secondary N) is 1. The van der Waals surface area contributed by atoms with Crippen LogP contribution in [-0.4, -0.2) is 13.1 Å². The Morgan fingerprint density at radius 1 is 1.18 bits per heavy atom. The highest BCUT2D eigenvalue weighted by atomic mass is 127. The predicted octanol–water partition coefficient (Wildman–Crippen LogP) is 4.84. The fourth-order valence-corrected chi connectivity index (χ4v) is 2.53. The zero-order chi connectivity index (χ0) is 16.3. The number of anilines is 2. The number of ether oxygens (including phenoxy) is 1. The van der Waals surface area contributed by atoms with Gasteiger partial charge in [-0.3, -0.25) is 0 Å². The van der Waals surface area contributed by atoms with Crippen molar-refractivity contribution in [2.24, 2.45) is 0 Å². The smallest absolute Gasteiger partial charge is 0.416 e. The minimum atomic E-state index is -4.43. The van der Waals surface area contributed by atoms with Gasteiger partial charge < -0.3 is 10.1 Å². The molecule has 0 saturated carbocycles. The Balaban J connectivity index is 2.40. The second-order valence-corrected chi connectivity index (χ2v) is 5.63. The molecule has 0 fully saturated rings. The monoisotopic (exact) mass is 421 g/mol. The van der Waals surface area contributed by atoms with E-state index in [0.29, 0.717) is 9.26 Å². The van der Waals surface area contributed by atoms with Crippen molar-refractivity contribution in [2.75, 3.05) is 12.4 Å². The summed E-state index contributed by atoms with van der Waals surface area (Å²) in [5.74, 6) is -0.565. The molecule has 0 aliphatic carbocycles. The molecule has 2 aromatic carbocycles. The Morgan fingerprint density at radius 2 is 1.86 bits per heavy atom. The van der Waals surface area contributed by atoms with Crippen LogP contribution in [0.3, 0.4) is 0 Å². The molecule has 0 aliphatic rings. The lowest BCUT2D eigenvalue weighted by Gasteiger charge is -2.13. The number of hydrogen-bond donors (Lipinski definition) is 1. The molecular formula is C15H11F3INO2. The van der Waals surface area contributed by atoms with Gasteiger partial charge in [0.2, 0.25) is 0 Å². The van der Waals surface area contributed by atoms with Crippen LogP contribution in [-0.2, 0) is 10.9 Å². The fraction of sp³-hybridized carbons (Fsp3) is 0.133. The minimum absolute atomic E-state index is 0.246. The van der Waals surface area contributed by atoms with E-state index in [2.05, 4.69) is 10.1 Å². The molecule has 0 amide bonds. The van der Waals surface area contributed by atoms with Gasteiger partial charge in [-0.15, -0.1) is 0 Å². The van der Waals surface area contributed by atoms with Gasteiger partial charge in [0.15, 0.2) is 0 Å². The molecular weight excluding hydrogens is 410 g/mol. The number of benzene rings is 2. The molecule has 2 aromatic rings. The van der Waals surface area contributed by atoms with Gasteiger partial charge in [-0.1, -0.05) is 12.1 Å².